The first-order valence-electron chi connectivity index (χ1n) is 7.33. The van der Waals surface area contributed by atoms with Crippen molar-refractivity contribution >= 4 is 26.0 Å². The van der Waals surface area contributed by atoms with Crippen LogP contribution in [0.5, 0.6) is 0 Å². The molecule has 0 saturated carbocycles. The second-order valence-corrected chi connectivity index (χ2v) is 9.24. The van der Waals surface area contributed by atoms with Gasteiger partial charge in [-0.1, -0.05) is 29.8 Å². The fourth-order valence-corrected chi connectivity index (χ4v) is 4.49. The number of halogens is 1. The zero-order valence-corrected chi connectivity index (χ0v) is 15.4. The van der Waals surface area contributed by atoms with Crippen LogP contribution in [0.1, 0.15) is 26.7 Å². The van der Waals surface area contributed by atoms with Gasteiger partial charge in [-0.05, 0) is 41.7 Å². The van der Waals surface area contributed by atoms with Crippen LogP contribution >= 0.6 is 15.9 Å². The monoisotopic (exact) mass is 399 g/mol. The number of rotatable bonds is 3. The van der Waals surface area contributed by atoms with Gasteiger partial charge in [-0.2, -0.15) is 9.52 Å². The number of tetrazole rings is 1. The number of hydrogen-bond acceptors (Lipinski definition) is 5. The lowest BCUT2D eigenvalue weighted by atomic mass is 9.83. The van der Waals surface area contributed by atoms with Crippen LogP contribution in [0.3, 0.4) is 0 Å². The second-order valence-electron chi connectivity index (χ2n) is 6.45. The van der Waals surface area contributed by atoms with Crippen LogP contribution in [-0.2, 0) is 10.0 Å². The maximum Gasteiger partial charge on any atom is 0.243 e. The molecule has 1 aliphatic rings. The first-order chi connectivity index (χ1) is 10.8. The lowest BCUT2D eigenvalue weighted by molar-refractivity contribution is 0.196. The van der Waals surface area contributed by atoms with Crippen LogP contribution in [0, 0.1) is 5.41 Å². The number of aromatic nitrogens is 4. The average Bonchev–Trinajstić information content (AvgIpc) is 3.01. The first kappa shape index (κ1) is 16.5. The van der Waals surface area contributed by atoms with Crippen molar-refractivity contribution in [3.63, 3.8) is 0 Å². The van der Waals surface area contributed by atoms with E-state index in [-0.39, 0.29) is 10.3 Å². The number of aromatic amines is 1. The summed E-state index contributed by atoms with van der Waals surface area (Å²) in [7, 11) is -3.52. The zero-order chi connectivity index (χ0) is 16.7. The minimum absolute atomic E-state index is 0.196. The highest BCUT2D eigenvalue weighted by atomic mass is 79.9. The van der Waals surface area contributed by atoms with E-state index in [0.29, 0.717) is 24.5 Å². The number of sulfonamides is 1. The molecule has 1 N–H and O–H groups in total. The molecule has 9 heteroatoms. The fourth-order valence-electron chi connectivity index (χ4n) is 2.59. The molecule has 2 aromatic rings. The average molecular weight is 400 g/mol. The van der Waals surface area contributed by atoms with Gasteiger partial charge in [0, 0.05) is 23.1 Å². The molecule has 0 spiro atoms. The third-order valence-electron chi connectivity index (χ3n) is 4.24. The fraction of sp³-hybridized carbons (Fsp3) is 0.500. The molecule has 23 heavy (non-hydrogen) atoms. The Morgan fingerprint density at radius 2 is 1.96 bits per heavy atom. The first-order valence-corrected chi connectivity index (χ1v) is 9.56. The lowest BCUT2D eigenvalue weighted by Crippen LogP contribution is -2.41. The SMILES string of the molecule is CC1(C)CCN(S(=O)(=O)c2ccc(Br)c(-c3nn[nH]n3)c2)CC1. The van der Waals surface area contributed by atoms with Gasteiger partial charge in [0.25, 0.3) is 0 Å². The molecule has 1 aromatic heterocycles. The standard InChI is InChI=1S/C14H18BrN5O2S/c1-14(2)5-7-20(8-6-14)23(21,22)10-3-4-12(15)11(9-10)13-16-18-19-17-13/h3-4,9H,5-8H2,1-2H3,(H,16,17,18,19). The second kappa shape index (κ2) is 5.95. The molecule has 3 rings (SSSR count). The Morgan fingerprint density at radius 3 is 2.57 bits per heavy atom. The Balaban J connectivity index is 1.94. The van der Waals surface area contributed by atoms with Gasteiger partial charge in [-0.25, -0.2) is 8.42 Å². The van der Waals surface area contributed by atoms with Crippen LogP contribution in [-0.4, -0.2) is 46.4 Å². The van der Waals surface area contributed by atoms with E-state index in [1.54, 1.807) is 22.5 Å². The molecule has 124 valence electrons. The molecule has 1 saturated heterocycles. The van der Waals surface area contributed by atoms with Gasteiger partial charge >= 0.3 is 0 Å². The third-order valence-corrected chi connectivity index (χ3v) is 6.82. The summed E-state index contributed by atoms with van der Waals surface area (Å²) in [5.41, 5.74) is 0.791. The van der Waals surface area contributed by atoms with Gasteiger partial charge in [0.1, 0.15) is 0 Å². The molecule has 1 aromatic carbocycles. The van der Waals surface area contributed by atoms with E-state index < -0.39 is 10.0 Å². The normalized spacial score (nSPS) is 18.9. The van der Waals surface area contributed by atoms with Crippen LogP contribution < -0.4 is 0 Å². The van der Waals surface area contributed by atoms with Gasteiger partial charge < -0.3 is 0 Å². The molecule has 2 heterocycles. The summed E-state index contributed by atoms with van der Waals surface area (Å²) < 4.78 is 28.0. The van der Waals surface area contributed by atoms with Crippen molar-refractivity contribution in [3.05, 3.63) is 22.7 Å². The van der Waals surface area contributed by atoms with E-state index in [1.165, 1.54) is 0 Å². The largest absolute Gasteiger partial charge is 0.243 e. The van der Waals surface area contributed by atoms with E-state index in [1.807, 2.05) is 0 Å². The van der Waals surface area contributed by atoms with E-state index in [4.69, 9.17) is 0 Å². The summed E-state index contributed by atoms with van der Waals surface area (Å²) in [6.07, 6.45) is 1.72. The summed E-state index contributed by atoms with van der Waals surface area (Å²) in [5.74, 6) is 0.355. The Kier molecular flexibility index (Phi) is 4.28. The maximum absolute atomic E-state index is 12.9. The van der Waals surface area contributed by atoms with Crippen molar-refractivity contribution in [1.29, 1.82) is 0 Å². The Hall–Kier alpha value is -1.32. The van der Waals surface area contributed by atoms with Gasteiger partial charge in [0.05, 0.1) is 4.90 Å². The number of H-pyrrole nitrogens is 1. The van der Waals surface area contributed by atoms with Crippen molar-refractivity contribution in [3.8, 4) is 11.4 Å². The number of nitrogens with zero attached hydrogens (tertiary/aromatic N) is 4. The van der Waals surface area contributed by atoms with E-state index >= 15 is 0 Å². The quantitative estimate of drug-likeness (QED) is 0.855. The number of piperidine rings is 1. The van der Waals surface area contributed by atoms with Crippen molar-refractivity contribution in [2.45, 2.75) is 31.6 Å². The molecule has 1 fully saturated rings. The van der Waals surface area contributed by atoms with Crippen molar-refractivity contribution in [2.24, 2.45) is 5.41 Å². The number of hydrogen-bond donors (Lipinski definition) is 1. The van der Waals surface area contributed by atoms with Gasteiger partial charge in [-0.15, -0.1) is 10.2 Å². The van der Waals surface area contributed by atoms with Crippen LogP contribution in [0.4, 0.5) is 0 Å². The van der Waals surface area contributed by atoms with E-state index in [9.17, 15) is 8.42 Å². The van der Waals surface area contributed by atoms with Crippen molar-refractivity contribution in [2.75, 3.05) is 13.1 Å². The highest BCUT2D eigenvalue weighted by Crippen LogP contribution is 2.34. The predicted octanol–water partition coefficient (Wildman–Crippen LogP) is 2.44. The van der Waals surface area contributed by atoms with Gasteiger partial charge in [0.15, 0.2) is 0 Å². The van der Waals surface area contributed by atoms with Crippen LogP contribution in [0.2, 0.25) is 0 Å². The Bertz CT molecular complexity index is 795. The number of benzene rings is 1. The summed E-state index contributed by atoms with van der Waals surface area (Å²) in [5, 5.41) is 13.7. The van der Waals surface area contributed by atoms with Crippen molar-refractivity contribution in [1.82, 2.24) is 24.9 Å². The van der Waals surface area contributed by atoms with Crippen LogP contribution in [0.25, 0.3) is 11.4 Å². The molecule has 0 amide bonds. The van der Waals surface area contributed by atoms with Crippen LogP contribution in [0.15, 0.2) is 27.6 Å². The third kappa shape index (κ3) is 3.31. The minimum atomic E-state index is -3.52. The lowest BCUT2D eigenvalue weighted by Gasteiger charge is -2.36. The summed E-state index contributed by atoms with van der Waals surface area (Å²) in [4.78, 5) is 0.250. The molecule has 0 unspecified atom stereocenters. The molecule has 0 radical (unpaired) electrons. The highest BCUT2D eigenvalue weighted by molar-refractivity contribution is 9.10. The zero-order valence-electron chi connectivity index (χ0n) is 13.0. The van der Waals surface area contributed by atoms with Gasteiger partial charge in [0.2, 0.25) is 15.8 Å². The topological polar surface area (TPSA) is 91.8 Å². The molecule has 0 atom stereocenters. The molecule has 1 aliphatic heterocycles. The smallest absolute Gasteiger partial charge is 0.207 e. The Labute approximate surface area is 143 Å². The molecular weight excluding hydrogens is 382 g/mol. The molecule has 0 aliphatic carbocycles. The summed E-state index contributed by atoms with van der Waals surface area (Å²) >= 11 is 3.40. The van der Waals surface area contributed by atoms with E-state index in [2.05, 4.69) is 50.4 Å². The van der Waals surface area contributed by atoms with E-state index in [0.717, 1.165) is 17.3 Å². The molecular formula is C14H18BrN5O2S. The molecule has 0 bridgehead atoms. The van der Waals surface area contributed by atoms with Gasteiger partial charge in [-0.3, -0.25) is 0 Å². The van der Waals surface area contributed by atoms with Crippen molar-refractivity contribution < 1.29 is 8.42 Å². The molecule has 7 nitrogen and oxygen atoms in total. The Morgan fingerprint density at radius 1 is 1.26 bits per heavy atom. The summed E-state index contributed by atoms with van der Waals surface area (Å²) in [6, 6.07) is 4.89. The number of nitrogens with one attached hydrogen (secondary N) is 1. The maximum atomic E-state index is 12.9. The summed E-state index contributed by atoms with van der Waals surface area (Å²) in [6.45, 7) is 5.43. The minimum Gasteiger partial charge on any atom is -0.207 e. The highest BCUT2D eigenvalue weighted by Gasteiger charge is 2.33. The predicted molar refractivity (Wildman–Crippen MR) is 89.1 cm³/mol.